The Morgan fingerprint density at radius 1 is 1.52 bits per heavy atom. The van der Waals surface area contributed by atoms with Crippen LogP contribution in [0.5, 0.6) is 5.75 Å². The van der Waals surface area contributed by atoms with Gasteiger partial charge in [0.1, 0.15) is 11.4 Å². The number of nitrogens with zero attached hydrogens (tertiary/aromatic N) is 3. The Hall–Kier alpha value is -1.34. The van der Waals surface area contributed by atoms with E-state index < -0.39 is 0 Å². The third-order valence-electron chi connectivity index (χ3n) is 3.71. The summed E-state index contributed by atoms with van der Waals surface area (Å²) in [6, 6.07) is 3.58. The number of hydrogen-bond acceptors (Lipinski definition) is 5. The van der Waals surface area contributed by atoms with Crippen molar-refractivity contribution < 1.29 is 9.66 Å². The van der Waals surface area contributed by atoms with Crippen LogP contribution in [-0.4, -0.2) is 50.2 Å². The van der Waals surface area contributed by atoms with Gasteiger partial charge >= 0.3 is 0 Å². The topological polar surface area (TPSA) is 58.8 Å². The number of benzene rings is 1. The highest BCUT2D eigenvalue weighted by atomic mass is 79.9. The Morgan fingerprint density at radius 3 is 2.81 bits per heavy atom. The van der Waals surface area contributed by atoms with Gasteiger partial charge in [0.05, 0.1) is 16.5 Å². The molecule has 116 valence electrons. The molecule has 0 bridgehead atoms. The van der Waals surface area contributed by atoms with Crippen LogP contribution in [0.25, 0.3) is 0 Å². The molecule has 2 rings (SSSR count). The van der Waals surface area contributed by atoms with E-state index in [4.69, 9.17) is 4.74 Å². The Labute approximate surface area is 132 Å². The highest BCUT2D eigenvalue weighted by molar-refractivity contribution is 9.10. The predicted octanol–water partition coefficient (Wildman–Crippen LogP) is 2.90. The van der Waals surface area contributed by atoms with Crippen molar-refractivity contribution in [2.24, 2.45) is 0 Å². The smallest absolute Gasteiger partial charge is 0.293 e. The minimum Gasteiger partial charge on any atom is -0.495 e. The zero-order valence-electron chi connectivity index (χ0n) is 12.5. The number of nitro benzene ring substituents is 1. The van der Waals surface area contributed by atoms with Crippen molar-refractivity contribution in [3.8, 4) is 5.75 Å². The lowest BCUT2D eigenvalue weighted by Crippen LogP contribution is -2.37. The van der Waals surface area contributed by atoms with E-state index in [9.17, 15) is 10.1 Å². The number of hydrogen-bond donors (Lipinski definition) is 0. The number of halogens is 1. The normalized spacial score (nSPS) is 18.3. The maximum atomic E-state index is 11.4. The van der Waals surface area contributed by atoms with Crippen molar-refractivity contribution in [3.05, 3.63) is 26.7 Å². The van der Waals surface area contributed by atoms with Crippen molar-refractivity contribution in [3.63, 3.8) is 0 Å². The Balaban J connectivity index is 2.43. The fraction of sp³-hybridized carbons (Fsp3) is 0.571. The molecule has 1 saturated heterocycles. The minimum absolute atomic E-state index is 0.119. The first-order valence-electron chi connectivity index (χ1n) is 6.87. The van der Waals surface area contributed by atoms with Gasteiger partial charge in [-0.15, -0.1) is 0 Å². The van der Waals surface area contributed by atoms with Gasteiger partial charge in [0.15, 0.2) is 0 Å². The average molecular weight is 358 g/mol. The minimum atomic E-state index is -0.329. The summed E-state index contributed by atoms with van der Waals surface area (Å²) in [5, 5.41) is 11.4. The second kappa shape index (κ2) is 6.62. The van der Waals surface area contributed by atoms with Gasteiger partial charge in [-0.2, -0.15) is 0 Å². The Bertz CT molecular complexity index is 536. The van der Waals surface area contributed by atoms with Gasteiger partial charge in [0.2, 0.25) is 0 Å². The average Bonchev–Trinajstić information content (AvgIpc) is 2.85. The maximum Gasteiger partial charge on any atom is 0.293 e. The molecule has 1 atom stereocenters. The van der Waals surface area contributed by atoms with Crippen LogP contribution in [0.2, 0.25) is 0 Å². The van der Waals surface area contributed by atoms with Gasteiger partial charge in [-0.05, 0) is 42.9 Å². The lowest BCUT2D eigenvalue weighted by atomic mass is 10.1. The molecule has 0 amide bonds. The van der Waals surface area contributed by atoms with Gasteiger partial charge in [-0.3, -0.25) is 10.1 Å². The van der Waals surface area contributed by atoms with E-state index in [1.54, 1.807) is 13.2 Å². The summed E-state index contributed by atoms with van der Waals surface area (Å²) in [5.74, 6) is 0.617. The number of anilines is 1. The molecule has 6 nitrogen and oxygen atoms in total. The van der Waals surface area contributed by atoms with E-state index in [1.165, 1.54) is 6.07 Å². The molecular weight excluding hydrogens is 338 g/mol. The largest absolute Gasteiger partial charge is 0.495 e. The molecule has 1 aliphatic heterocycles. The first-order chi connectivity index (χ1) is 9.93. The van der Waals surface area contributed by atoms with Gasteiger partial charge in [0.25, 0.3) is 5.69 Å². The fourth-order valence-corrected chi connectivity index (χ4v) is 3.32. The fourth-order valence-electron chi connectivity index (χ4n) is 2.83. The van der Waals surface area contributed by atoms with E-state index >= 15 is 0 Å². The number of ether oxygens (including phenoxy) is 1. The molecule has 1 aliphatic rings. The first kappa shape index (κ1) is 16.0. The van der Waals surface area contributed by atoms with E-state index in [0.29, 0.717) is 22.0 Å². The van der Waals surface area contributed by atoms with Crippen LogP contribution in [0, 0.1) is 10.1 Å². The Kier molecular flexibility index (Phi) is 5.05. The molecule has 0 spiro atoms. The molecule has 7 heteroatoms. The molecule has 0 saturated carbocycles. The lowest BCUT2D eigenvalue weighted by Gasteiger charge is -2.29. The van der Waals surface area contributed by atoms with Crippen molar-refractivity contribution >= 4 is 27.3 Å². The SMILES string of the molecule is COc1cc(N2CCCC2CN(C)C)c([N+](=O)[O-])cc1Br. The third-order valence-corrected chi connectivity index (χ3v) is 4.33. The first-order valence-corrected chi connectivity index (χ1v) is 7.66. The molecule has 1 fully saturated rings. The molecule has 21 heavy (non-hydrogen) atoms. The molecule has 1 aromatic carbocycles. The van der Waals surface area contributed by atoms with Crippen molar-refractivity contribution in [1.82, 2.24) is 4.90 Å². The predicted molar refractivity (Wildman–Crippen MR) is 86.3 cm³/mol. The van der Waals surface area contributed by atoms with Gasteiger partial charge < -0.3 is 14.5 Å². The molecule has 1 heterocycles. The van der Waals surface area contributed by atoms with Crippen LogP contribution >= 0.6 is 15.9 Å². The molecule has 0 N–H and O–H groups in total. The van der Waals surface area contributed by atoms with Gasteiger partial charge in [0, 0.05) is 31.3 Å². The van der Waals surface area contributed by atoms with Crippen LogP contribution in [0.1, 0.15) is 12.8 Å². The van der Waals surface area contributed by atoms with Crippen LogP contribution < -0.4 is 9.64 Å². The number of likely N-dealkylation sites (N-methyl/N-ethyl adjacent to an activating group) is 1. The van der Waals surface area contributed by atoms with Crippen molar-refractivity contribution in [2.45, 2.75) is 18.9 Å². The molecular formula is C14H20BrN3O3. The number of methoxy groups -OCH3 is 1. The third kappa shape index (κ3) is 3.47. The lowest BCUT2D eigenvalue weighted by molar-refractivity contribution is -0.384. The molecule has 0 radical (unpaired) electrons. The van der Waals surface area contributed by atoms with E-state index in [2.05, 4.69) is 25.7 Å². The summed E-state index contributed by atoms with van der Waals surface area (Å²) in [4.78, 5) is 15.3. The maximum absolute atomic E-state index is 11.4. The Morgan fingerprint density at radius 2 is 2.24 bits per heavy atom. The molecule has 1 aromatic rings. The number of nitro groups is 1. The highest BCUT2D eigenvalue weighted by Crippen LogP contribution is 2.40. The van der Waals surface area contributed by atoms with Gasteiger partial charge in [-0.25, -0.2) is 0 Å². The summed E-state index contributed by atoms with van der Waals surface area (Å²) in [6.07, 6.45) is 2.10. The van der Waals surface area contributed by atoms with Crippen LogP contribution in [0.4, 0.5) is 11.4 Å². The summed E-state index contributed by atoms with van der Waals surface area (Å²) in [7, 11) is 5.61. The zero-order valence-corrected chi connectivity index (χ0v) is 14.1. The van der Waals surface area contributed by atoms with E-state index in [-0.39, 0.29) is 10.6 Å². The monoisotopic (exact) mass is 357 g/mol. The quantitative estimate of drug-likeness (QED) is 0.598. The van der Waals surface area contributed by atoms with Crippen molar-refractivity contribution in [1.29, 1.82) is 0 Å². The molecule has 0 aliphatic carbocycles. The molecule has 0 aromatic heterocycles. The van der Waals surface area contributed by atoms with Gasteiger partial charge in [-0.1, -0.05) is 0 Å². The second-order valence-electron chi connectivity index (χ2n) is 5.48. The second-order valence-corrected chi connectivity index (χ2v) is 6.34. The summed E-state index contributed by atoms with van der Waals surface area (Å²) >= 11 is 3.32. The van der Waals surface area contributed by atoms with E-state index in [0.717, 1.165) is 25.9 Å². The summed E-state index contributed by atoms with van der Waals surface area (Å²) in [6.45, 7) is 1.72. The number of rotatable bonds is 5. The standard InChI is InChI=1S/C14H20BrN3O3/c1-16(2)9-10-5-4-6-17(10)12-8-14(21-3)11(15)7-13(12)18(19)20/h7-8,10H,4-6,9H2,1-3H3. The van der Waals surface area contributed by atoms with Crippen molar-refractivity contribution in [2.75, 3.05) is 39.2 Å². The summed E-state index contributed by atoms with van der Waals surface area (Å²) < 4.78 is 5.89. The van der Waals surface area contributed by atoms with Crippen LogP contribution in [0.15, 0.2) is 16.6 Å². The zero-order chi connectivity index (χ0) is 15.6. The van der Waals surface area contributed by atoms with Crippen LogP contribution in [-0.2, 0) is 0 Å². The summed E-state index contributed by atoms with van der Waals surface area (Å²) in [5.41, 5.74) is 0.762. The highest BCUT2D eigenvalue weighted by Gasteiger charge is 2.31. The van der Waals surface area contributed by atoms with E-state index in [1.807, 2.05) is 14.1 Å². The molecule has 1 unspecified atom stereocenters. The van der Waals surface area contributed by atoms with Crippen LogP contribution in [0.3, 0.4) is 0 Å².